The van der Waals surface area contributed by atoms with E-state index >= 15 is 0 Å². The van der Waals surface area contributed by atoms with Crippen molar-refractivity contribution in [2.24, 2.45) is 0 Å². The van der Waals surface area contributed by atoms with Gasteiger partial charge in [0, 0.05) is 17.0 Å². The van der Waals surface area contributed by atoms with Gasteiger partial charge in [-0.2, -0.15) is 0 Å². The fraction of sp³-hybridized carbons (Fsp3) is 0.235. The lowest BCUT2D eigenvalue weighted by Crippen LogP contribution is -2.29. The van der Waals surface area contributed by atoms with Crippen molar-refractivity contribution < 1.29 is 24.1 Å². The molecule has 0 heterocycles. The molecule has 1 N–H and O–H groups in total. The normalized spacial score (nSPS) is 11.6. The molecule has 122 valence electrons. The quantitative estimate of drug-likeness (QED) is 0.839. The Morgan fingerprint density at radius 3 is 2.30 bits per heavy atom. The van der Waals surface area contributed by atoms with Crippen LogP contribution in [0.3, 0.4) is 0 Å². The Hall–Kier alpha value is -2.40. The average molecular weight is 337 g/mol. The van der Waals surface area contributed by atoms with Crippen molar-refractivity contribution in [3.8, 4) is 17.2 Å². The highest BCUT2D eigenvalue weighted by Crippen LogP contribution is 2.26. The molecule has 0 bridgehead atoms. The lowest BCUT2D eigenvalue weighted by atomic mass is 10.1. The topological polar surface area (TPSA) is 65.0 Å². The summed E-state index contributed by atoms with van der Waals surface area (Å²) < 4.78 is 16.0. The van der Waals surface area contributed by atoms with Gasteiger partial charge in [-0.25, -0.2) is 4.79 Å². The molecule has 2 rings (SSSR count). The molecule has 0 spiro atoms. The molecule has 0 amide bonds. The molecular weight excluding hydrogens is 320 g/mol. The van der Waals surface area contributed by atoms with Gasteiger partial charge >= 0.3 is 5.97 Å². The van der Waals surface area contributed by atoms with Crippen molar-refractivity contribution in [1.82, 2.24) is 0 Å². The summed E-state index contributed by atoms with van der Waals surface area (Å²) in [5, 5.41) is 9.97. The van der Waals surface area contributed by atoms with Crippen LogP contribution in [0.25, 0.3) is 0 Å². The van der Waals surface area contributed by atoms with E-state index in [1.165, 1.54) is 7.11 Å². The minimum Gasteiger partial charge on any atom is -0.497 e. The molecule has 0 saturated heterocycles. The van der Waals surface area contributed by atoms with Crippen LogP contribution < -0.4 is 14.2 Å². The summed E-state index contributed by atoms with van der Waals surface area (Å²) in [5.74, 6) is 0.571. The molecule has 0 radical (unpaired) electrons. The smallest absolute Gasteiger partial charge is 0.345 e. The average Bonchev–Trinajstić information content (AvgIpc) is 2.56. The molecule has 0 aliphatic rings. The first kappa shape index (κ1) is 17.0. The summed E-state index contributed by atoms with van der Waals surface area (Å²) >= 11 is 5.81. The van der Waals surface area contributed by atoms with Crippen molar-refractivity contribution in [3.63, 3.8) is 0 Å². The van der Waals surface area contributed by atoms with E-state index < -0.39 is 12.1 Å². The zero-order valence-corrected chi connectivity index (χ0v) is 13.5. The van der Waals surface area contributed by atoms with E-state index in [9.17, 15) is 9.90 Å². The van der Waals surface area contributed by atoms with Crippen LogP contribution in [-0.2, 0) is 11.2 Å². The van der Waals surface area contributed by atoms with Gasteiger partial charge in [0.25, 0.3) is 0 Å². The fourth-order valence-electron chi connectivity index (χ4n) is 2.10. The van der Waals surface area contributed by atoms with E-state index in [1.54, 1.807) is 49.6 Å². The van der Waals surface area contributed by atoms with Gasteiger partial charge in [-0.05, 0) is 42.5 Å². The van der Waals surface area contributed by atoms with Crippen molar-refractivity contribution in [3.05, 3.63) is 53.1 Å². The molecule has 2 aromatic carbocycles. The van der Waals surface area contributed by atoms with Crippen LogP contribution in [0.2, 0.25) is 5.02 Å². The second kappa shape index (κ2) is 7.74. The van der Waals surface area contributed by atoms with Crippen LogP contribution in [0, 0.1) is 0 Å². The van der Waals surface area contributed by atoms with Crippen molar-refractivity contribution >= 4 is 17.6 Å². The number of rotatable bonds is 7. The van der Waals surface area contributed by atoms with E-state index in [0.29, 0.717) is 27.8 Å². The monoisotopic (exact) mass is 336 g/mol. The van der Waals surface area contributed by atoms with Gasteiger partial charge in [-0.3, -0.25) is 0 Å². The van der Waals surface area contributed by atoms with E-state index in [2.05, 4.69) is 0 Å². The Morgan fingerprint density at radius 1 is 1.09 bits per heavy atom. The molecule has 0 fully saturated rings. The second-order valence-corrected chi connectivity index (χ2v) is 5.22. The van der Waals surface area contributed by atoms with Gasteiger partial charge in [0.2, 0.25) is 0 Å². The molecule has 5 nitrogen and oxygen atoms in total. The van der Waals surface area contributed by atoms with Crippen LogP contribution in [0.5, 0.6) is 17.2 Å². The van der Waals surface area contributed by atoms with E-state index in [4.69, 9.17) is 25.8 Å². The lowest BCUT2D eigenvalue weighted by molar-refractivity contribution is -0.145. The minimum absolute atomic E-state index is 0.137. The maximum atomic E-state index is 11.5. The third kappa shape index (κ3) is 4.53. The van der Waals surface area contributed by atoms with Gasteiger partial charge < -0.3 is 19.3 Å². The molecule has 0 aliphatic carbocycles. The van der Waals surface area contributed by atoms with Crippen LogP contribution in [-0.4, -0.2) is 31.4 Å². The number of halogens is 1. The maximum Gasteiger partial charge on any atom is 0.345 e. The summed E-state index contributed by atoms with van der Waals surface area (Å²) in [5.41, 5.74) is 0.688. The number of hydrogen-bond acceptors (Lipinski definition) is 4. The fourth-order valence-corrected chi connectivity index (χ4v) is 2.22. The number of benzene rings is 2. The Bertz CT molecular complexity index is 669. The molecule has 6 heteroatoms. The summed E-state index contributed by atoms with van der Waals surface area (Å²) in [6.45, 7) is 0. The summed E-state index contributed by atoms with van der Waals surface area (Å²) in [4.78, 5) is 11.5. The van der Waals surface area contributed by atoms with Crippen LogP contribution in [0.4, 0.5) is 0 Å². The van der Waals surface area contributed by atoms with Gasteiger partial charge in [-0.1, -0.05) is 11.6 Å². The third-order valence-electron chi connectivity index (χ3n) is 3.26. The standard InChI is InChI=1S/C17H17ClO5/c1-21-14-7-8-15(22-2)11(9-14)10-16(17(19)20)23-13-5-3-12(18)4-6-13/h3-9,16H,10H2,1-2H3,(H,19,20). The molecule has 0 saturated carbocycles. The zero-order chi connectivity index (χ0) is 16.8. The number of methoxy groups -OCH3 is 2. The highest BCUT2D eigenvalue weighted by Gasteiger charge is 2.22. The Kier molecular flexibility index (Phi) is 5.71. The summed E-state index contributed by atoms with van der Waals surface area (Å²) in [7, 11) is 3.08. The summed E-state index contributed by atoms with van der Waals surface area (Å²) in [6, 6.07) is 11.7. The first-order valence-electron chi connectivity index (χ1n) is 6.89. The first-order valence-corrected chi connectivity index (χ1v) is 7.27. The lowest BCUT2D eigenvalue weighted by Gasteiger charge is -2.17. The van der Waals surface area contributed by atoms with Crippen molar-refractivity contribution in [1.29, 1.82) is 0 Å². The number of aliphatic carboxylic acids is 1. The molecule has 0 aromatic heterocycles. The highest BCUT2D eigenvalue weighted by molar-refractivity contribution is 6.30. The number of hydrogen-bond donors (Lipinski definition) is 1. The number of carbonyl (C=O) groups is 1. The van der Waals surface area contributed by atoms with Crippen molar-refractivity contribution in [2.75, 3.05) is 14.2 Å². The van der Waals surface area contributed by atoms with E-state index in [0.717, 1.165) is 0 Å². The van der Waals surface area contributed by atoms with Crippen molar-refractivity contribution in [2.45, 2.75) is 12.5 Å². The maximum absolute atomic E-state index is 11.5. The van der Waals surface area contributed by atoms with Gasteiger partial charge in [-0.15, -0.1) is 0 Å². The van der Waals surface area contributed by atoms with E-state index in [1.807, 2.05) is 0 Å². The predicted molar refractivity (Wildman–Crippen MR) is 86.8 cm³/mol. The SMILES string of the molecule is COc1ccc(OC)c(CC(Oc2ccc(Cl)cc2)C(=O)O)c1. The largest absolute Gasteiger partial charge is 0.497 e. The number of carboxylic acid groups (broad SMARTS) is 1. The van der Waals surface area contributed by atoms with Crippen LogP contribution in [0.15, 0.2) is 42.5 Å². The Labute approximate surface area is 139 Å². The molecule has 1 atom stereocenters. The Morgan fingerprint density at radius 2 is 1.74 bits per heavy atom. The second-order valence-electron chi connectivity index (χ2n) is 4.78. The first-order chi connectivity index (χ1) is 11.0. The van der Waals surface area contributed by atoms with Gasteiger partial charge in [0.15, 0.2) is 6.10 Å². The third-order valence-corrected chi connectivity index (χ3v) is 3.51. The molecular formula is C17H17ClO5. The molecule has 2 aromatic rings. The molecule has 23 heavy (non-hydrogen) atoms. The zero-order valence-electron chi connectivity index (χ0n) is 12.8. The highest BCUT2D eigenvalue weighted by atomic mass is 35.5. The molecule has 0 aliphatic heterocycles. The van der Waals surface area contributed by atoms with Crippen LogP contribution in [0.1, 0.15) is 5.56 Å². The Balaban J connectivity index is 2.22. The van der Waals surface area contributed by atoms with E-state index in [-0.39, 0.29) is 6.42 Å². The predicted octanol–water partition coefficient (Wildman–Crippen LogP) is 3.43. The van der Waals surface area contributed by atoms with Crippen LogP contribution >= 0.6 is 11.6 Å². The molecule has 1 unspecified atom stereocenters. The number of ether oxygens (including phenoxy) is 3. The summed E-state index contributed by atoms with van der Waals surface area (Å²) in [6.07, 6.45) is -0.921. The number of carboxylic acids is 1. The minimum atomic E-state index is -1.06. The van der Waals surface area contributed by atoms with Gasteiger partial charge in [0.05, 0.1) is 14.2 Å². The van der Waals surface area contributed by atoms with Gasteiger partial charge in [0.1, 0.15) is 17.2 Å².